The summed E-state index contributed by atoms with van der Waals surface area (Å²) in [6, 6.07) is 2.07. The van der Waals surface area contributed by atoms with Crippen LogP contribution in [-0.4, -0.2) is 34.3 Å². The minimum Gasteiger partial charge on any atom is -0.382 e. The zero-order valence-corrected chi connectivity index (χ0v) is 17.2. The Morgan fingerprint density at radius 3 is 2.35 bits per heavy atom. The number of anilines is 1. The molecule has 11 heteroatoms. The van der Waals surface area contributed by atoms with Crippen LogP contribution >= 0.6 is 0 Å². The van der Waals surface area contributed by atoms with Crippen molar-refractivity contribution in [2.45, 2.75) is 45.3 Å². The molecule has 0 bridgehead atoms. The minimum absolute atomic E-state index is 0.0570. The molecule has 4 heterocycles. The third-order valence-corrected chi connectivity index (χ3v) is 5.14. The van der Waals surface area contributed by atoms with Gasteiger partial charge in [-0.25, -0.2) is 19.5 Å². The van der Waals surface area contributed by atoms with Crippen molar-refractivity contribution in [3.63, 3.8) is 0 Å². The monoisotopic (exact) mass is 430 g/mol. The summed E-state index contributed by atoms with van der Waals surface area (Å²) in [5.74, 6) is -1.04. The van der Waals surface area contributed by atoms with E-state index in [1.54, 1.807) is 4.52 Å². The molecule has 0 aliphatic heterocycles. The number of nitrogens with two attached hydrogens (primary N) is 1. The topological polar surface area (TPSA) is 99.8 Å². The van der Waals surface area contributed by atoms with Crippen LogP contribution in [0.2, 0.25) is 0 Å². The fraction of sp³-hybridized carbons (Fsp3) is 0.350. The lowest BCUT2D eigenvalue weighted by molar-refractivity contribution is -0.144. The third kappa shape index (κ3) is 3.71. The van der Waals surface area contributed by atoms with Gasteiger partial charge in [0, 0.05) is 41.7 Å². The maximum absolute atomic E-state index is 12.9. The highest BCUT2D eigenvalue weighted by molar-refractivity contribution is 5.88. The zero-order valence-electron chi connectivity index (χ0n) is 17.2. The largest absolute Gasteiger partial charge is 0.451 e. The number of aromatic nitrogens is 7. The van der Waals surface area contributed by atoms with E-state index >= 15 is 0 Å². The number of halogens is 3. The van der Waals surface area contributed by atoms with E-state index in [0.29, 0.717) is 16.6 Å². The molecule has 162 valence electrons. The first-order valence-electron chi connectivity index (χ1n) is 9.76. The Balaban J connectivity index is 1.87. The van der Waals surface area contributed by atoms with Gasteiger partial charge in [0.05, 0.1) is 11.9 Å². The number of hydrogen-bond acceptors (Lipinski definition) is 6. The molecule has 4 aromatic heterocycles. The maximum Gasteiger partial charge on any atom is 0.451 e. The van der Waals surface area contributed by atoms with Gasteiger partial charge in [0.25, 0.3) is 0 Å². The Labute approximate surface area is 176 Å². The highest BCUT2D eigenvalue weighted by atomic mass is 19.4. The molecule has 31 heavy (non-hydrogen) atoms. The van der Waals surface area contributed by atoms with Crippen molar-refractivity contribution in [2.75, 3.05) is 5.73 Å². The first-order chi connectivity index (χ1) is 14.7. The molecule has 0 aliphatic rings. The summed E-state index contributed by atoms with van der Waals surface area (Å²) in [4.78, 5) is 11.0. The first-order valence-corrected chi connectivity index (χ1v) is 9.76. The normalized spacial score (nSPS) is 13.3. The predicted octanol–water partition coefficient (Wildman–Crippen LogP) is 4.11. The van der Waals surface area contributed by atoms with Gasteiger partial charge in [0.2, 0.25) is 5.82 Å². The lowest BCUT2D eigenvalue weighted by Crippen LogP contribution is -2.10. The van der Waals surface area contributed by atoms with Gasteiger partial charge in [-0.3, -0.25) is 4.68 Å². The number of nitrogens with zero attached hydrogens (tertiary/aromatic N) is 7. The van der Waals surface area contributed by atoms with Crippen LogP contribution < -0.4 is 5.73 Å². The van der Waals surface area contributed by atoms with Crippen molar-refractivity contribution >= 4 is 11.3 Å². The van der Waals surface area contributed by atoms with Gasteiger partial charge in [0.15, 0.2) is 5.82 Å². The number of alkyl halides is 3. The van der Waals surface area contributed by atoms with E-state index in [-0.39, 0.29) is 17.8 Å². The standard InChI is InChI=1S/C20H21F3N8/c1-4-14(13-8-28-30(9-13)11(2)3)16-5-15(17-18(24)27-10-29-31(16)17)12-6-25-19(26-7-12)20(21,22)23/h5-11,14H,4H2,1-3H3,(H2,24,27,29). The molecule has 0 spiro atoms. The molecule has 4 aromatic rings. The first kappa shape index (κ1) is 20.8. The van der Waals surface area contributed by atoms with Crippen LogP contribution in [0.5, 0.6) is 0 Å². The predicted molar refractivity (Wildman–Crippen MR) is 108 cm³/mol. The highest BCUT2D eigenvalue weighted by Crippen LogP contribution is 2.37. The highest BCUT2D eigenvalue weighted by Gasteiger charge is 2.34. The van der Waals surface area contributed by atoms with Gasteiger partial charge in [-0.05, 0) is 31.9 Å². The number of nitrogen functional groups attached to an aromatic ring is 1. The van der Waals surface area contributed by atoms with Gasteiger partial charge in [-0.15, -0.1) is 0 Å². The second-order valence-electron chi connectivity index (χ2n) is 7.49. The molecule has 2 N–H and O–H groups in total. The average Bonchev–Trinajstić information content (AvgIpc) is 3.35. The smallest absolute Gasteiger partial charge is 0.382 e. The van der Waals surface area contributed by atoms with Gasteiger partial charge in [0.1, 0.15) is 11.8 Å². The Morgan fingerprint density at radius 2 is 1.77 bits per heavy atom. The molecular formula is C20H21F3N8. The fourth-order valence-electron chi connectivity index (χ4n) is 3.60. The minimum atomic E-state index is -4.61. The van der Waals surface area contributed by atoms with Gasteiger partial charge in [-0.2, -0.15) is 23.4 Å². The summed E-state index contributed by atoms with van der Waals surface area (Å²) in [5.41, 5.74) is 9.40. The average molecular weight is 430 g/mol. The molecule has 0 saturated carbocycles. The van der Waals surface area contributed by atoms with Gasteiger partial charge >= 0.3 is 6.18 Å². The fourth-order valence-corrected chi connectivity index (χ4v) is 3.60. The molecule has 0 fully saturated rings. The van der Waals surface area contributed by atoms with Crippen molar-refractivity contribution in [2.24, 2.45) is 0 Å². The molecule has 0 saturated heterocycles. The third-order valence-electron chi connectivity index (χ3n) is 5.14. The van der Waals surface area contributed by atoms with Crippen molar-refractivity contribution in [3.8, 4) is 11.1 Å². The van der Waals surface area contributed by atoms with Gasteiger partial charge < -0.3 is 5.73 Å². The van der Waals surface area contributed by atoms with E-state index in [9.17, 15) is 13.2 Å². The van der Waals surface area contributed by atoms with Crippen LogP contribution in [-0.2, 0) is 6.18 Å². The Kier molecular flexibility index (Phi) is 5.11. The zero-order chi connectivity index (χ0) is 22.3. The molecule has 0 aliphatic carbocycles. The molecular weight excluding hydrogens is 409 g/mol. The van der Waals surface area contributed by atoms with Gasteiger partial charge in [-0.1, -0.05) is 6.92 Å². The van der Waals surface area contributed by atoms with Crippen LogP contribution in [0, 0.1) is 0 Å². The molecule has 0 radical (unpaired) electrons. The Hall–Kier alpha value is -3.50. The summed E-state index contributed by atoms with van der Waals surface area (Å²) < 4.78 is 42.1. The van der Waals surface area contributed by atoms with Crippen LogP contribution in [0.25, 0.3) is 16.6 Å². The second kappa shape index (κ2) is 7.64. The summed E-state index contributed by atoms with van der Waals surface area (Å²) in [7, 11) is 0. The van der Waals surface area contributed by atoms with Crippen molar-refractivity contribution in [1.82, 2.24) is 34.3 Å². The van der Waals surface area contributed by atoms with Crippen molar-refractivity contribution in [3.05, 3.63) is 54.3 Å². The molecule has 0 amide bonds. The molecule has 1 atom stereocenters. The van der Waals surface area contributed by atoms with E-state index in [1.807, 2.05) is 43.9 Å². The molecule has 4 rings (SSSR count). The van der Waals surface area contributed by atoms with E-state index in [4.69, 9.17) is 5.73 Å². The molecule has 0 aromatic carbocycles. The number of hydrogen-bond donors (Lipinski definition) is 1. The number of fused-ring (bicyclic) bond motifs is 1. The quantitative estimate of drug-likeness (QED) is 0.512. The van der Waals surface area contributed by atoms with Crippen molar-refractivity contribution < 1.29 is 13.2 Å². The Bertz CT molecular complexity index is 1210. The summed E-state index contributed by atoms with van der Waals surface area (Å²) in [5, 5.41) is 8.79. The number of rotatable bonds is 5. The second-order valence-corrected chi connectivity index (χ2v) is 7.49. The van der Waals surface area contributed by atoms with Crippen molar-refractivity contribution in [1.29, 1.82) is 0 Å². The summed E-state index contributed by atoms with van der Waals surface area (Å²) in [6.45, 7) is 6.13. The Morgan fingerprint density at radius 1 is 1.06 bits per heavy atom. The summed E-state index contributed by atoms with van der Waals surface area (Å²) in [6.07, 6.45) is 3.57. The maximum atomic E-state index is 12.9. The molecule has 1 unspecified atom stereocenters. The van der Waals surface area contributed by atoms with Crippen LogP contribution in [0.4, 0.5) is 19.0 Å². The van der Waals surface area contributed by atoms with Crippen LogP contribution in [0.15, 0.2) is 37.2 Å². The summed E-state index contributed by atoms with van der Waals surface area (Å²) >= 11 is 0. The van der Waals surface area contributed by atoms with Crippen LogP contribution in [0.3, 0.4) is 0 Å². The lowest BCUT2D eigenvalue weighted by Gasteiger charge is -2.13. The lowest BCUT2D eigenvalue weighted by atomic mass is 9.95. The van der Waals surface area contributed by atoms with E-state index in [0.717, 1.165) is 30.1 Å². The SMILES string of the molecule is CCC(c1cnn(C(C)C)c1)c1cc(-c2cnc(C(F)(F)F)nc2)c2c(N)ncnn12. The van der Waals surface area contributed by atoms with Crippen LogP contribution in [0.1, 0.15) is 56.2 Å². The molecule has 8 nitrogen and oxygen atoms in total. The van der Waals surface area contributed by atoms with E-state index < -0.39 is 12.0 Å². The van der Waals surface area contributed by atoms with E-state index in [2.05, 4.69) is 25.1 Å². The van der Waals surface area contributed by atoms with E-state index in [1.165, 1.54) is 6.33 Å².